The number of methoxy groups -OCH3 is 2. The van der Waals surface area contributed by atoms with Crippen LogP contribution in [-0.2, 0) is 11.2 Å². The molecule has 1 aliphatic rings. The summed E-state index contributed by atoms with van der Waals surface area (Å²) >= 11 is 0. The van der Waals surface area contributed by atoms with Gasteiger partial charge >= 0.3 is 0 Å². The summed E-state index contributed by atoms with van der Waals surface area (Å²) in [5, 5.41) is 6.79. The number of nitrogens with zero attached hydrogens (tertiary/aromatic N) is 1. The molecule has 0 saturated heterocycles. The highest BCUT2D eigenvalue weighted by Crippen LogP contribution is 2.36. The van der Waals surface area contributed by atoms with Crippen molar-refractivity contribution in [3.05, 3.63) is 48.2 Å². The molecule has 0 saturated carbocycles. The van der Waals surface area contributed by atoms with Gasteiger partial charge < -0.3 is 28.8 Å². The Morgan fingerprint density at radius 1 is 1.07 bits per heavy atom. The van der Waals surface area contributed by atoms with Crippen LogP contribution in [-0.4, -0.2) is 32.1 Å². The molecule has 0 bridgehead atoms. The first kappa shape index (κ1) is 17.7. The molecule has 8 heteroatoms. The number of hydrogen-bond acceptors (Lipinski definition) is 7. The van der Waals surface area contributed by atoms with Crippen molar-refractivity contribution >= 4 is 11.6 Å². The fourth-order valence-electron chi connectivity index (χ4n) is 2.84. The van der Waals surface area contributed by atoms with Crippen molar-refractivity contribution in [3.63, 3.8) is 0 Å². The first-order valence-corrected chi connectivity index (χ1v) is 8.54. The molecular formula is C20H18N2O6. The van der Waals surface area contributed by atoms with Crippen LogP contribution in [0.15, 0.2) is 47.0 Å². The number of ether oxygens (including phenoxy) is 4. The van der Waals surface area contributed by atoms with E-state index in [0.29, 0.717) is 40.1 Å². The molecular weight excluding hydrogens is 364 g/mol. The van der Waals surface area contributed by atoms with Crippen LogP contribution in [0.2, 0.25) is 0 Å². The van der Waals surface area contributed by atoms with E-state index in [2.05, 4.69) is 10.5 Å². The van der Waals surface area contributed by atoms with Gasteiger partial charge in [0.05, 0.1) is 32.0 Å². The number of carbonyl (C=O) groups is 1. The van der Waals surface area contributed by atoms with Crippen molar-refractivity contribution in [1.29, 1.82) is 0 Å². The average molecular weight is 382 g/mol. The Bertz CT molecular complexity index is 1010. The Balaban J connectivity index is 1.45. The third kappa shape index (κ3) is 3.57. The van der Waals surface area contributed by atoms with E-state index in [0.717, 1.165) is 5.56 Å². The van der Waals surface area contributed by atoms with E-state index in [1.165, 1.54) is 7.11 Å². The van der Waals surface area contributed by atoms with Gasteiger partial charge in [-0.1, -0.05) is 5.16 Å². The lowest BCUT2D eigenvalue weighted by Gasteiger charge is -2.11. The molecule has 0 unspecified atom stereocenters. The van der Waals surface area contributed by atoms with Crippen LogP contribution in [0.1, 0.15) is 5.69 Å². The van der Waals surface area contributed by atoms with E-state index in [4.69, 9.17) is 23.5 Å². The Kier molecular flexibility index (Phi) is 4.76. The van der Waals surface area contributed by atoms with Gasteiger partial charge in [-0.25, -0.2) is 0 Å². The molecule has 1 aliphatic heterocycles. The summed E-state index contributed by atoms with van der Waals surface area (Å²) in [7, 11) is 3.09. The number of carbonyl (C=O) groups excluding carboxylic acids is 1. The second-order valence-electron chi connectivity index (χ2n) is 6.04. The van der Waals surface area contributed by atoms with Crippen LogP contribution in [0, 0.1) is 0 Å². The largest absolute Gasteiger partial charge is 0.497 e. The first-order valence-electron chi connectivity index (χ1n) is 8.54. The van der Waals surface area contributed by atoms with Crippen molar-refractivity contribution in [2.24, 2.45) is 0 Å². The molecule has 2 aromatic carbocycles. The number of nitrogens with one attached hydrogen (secondary N) is 1. The molecule has 1 aromatic heterocycles. The van der Waals surface area contributed by atoms with Crippen molar-refractivity contribution < 1.29 is 28.3 Å². The van der Waals surface area contributed by atoms with Gasteiger partial charge in [0, 0.05) is 17.7 Å². The standard InChI is InChI=1S/C20H18N2O6/c1-24-14-4-5-15(18(10-14)25-2)21-20(23)9-13-8-17(28-22-13)12-3-6-16-19(7-12)27-11-26-16/h3-8,10H,9,11H2,1-2H3,(H,21,23). The van der Waals surface area contributed by atoms with Gasteiger partial charge in [-0.2, -0.15) is 0 Å². The fourth-order valence-corrected chi connectivity index (χ4v) is 2.84. The van der Waals surface area contributed by atoms with Gasteiger partial charge in [-0.05, 0) is 30.3 Å². The number of amides is 1. The number of benzene rings is 2. The Morgan fingerprint density at radius 3 is 2.75 bits per heavy atom. The second-order valence-corrected chi connectivity index (χ2v) is 6.04. The minimum absolute atomic E-state index is 0.0588. The maximum Gasteiger partial charge on any atom is 0.231 e. The van der Waals surface area contributed by atoms with Crippen molar-refractivity contribution in [2.45, 2.75) is 6.42 Å². The van der Waals surface area contributed by atoms with Crippen molar-refractivity contribution in [1.82, 2.24) is 5.16 Å². The summed E-state index contributed by atoms with van der Waals surface area (Å²) in [5.41, 5.74) is 1.85. The normalized spacial score (nSPS) is 11.9. The topological polar surface area (TPSA) is 92.1 Å². The monoisotopic (exact) mass is 382 g/mol. The summed E-state index contributed by atoms with van der Waals surface area (Å²) < 4.78 is 26.5. The van der Waals surface area contributed by atoms with Crippen molar-refractivity contribution in [2.75, 3.05) is 26.3 Å². The van der Waals surface area contributed by atoms with Gasteiger partial charge in [0.25, 0.3) is 0 Å². The zero-order valence-corrected chi connectivity index (χ0v) is 15.4. The molecule has 0 atom stereocenters. The SMILES string of the molecule is COc1ccc(NC(=O)Cc2cc(-c3ccc4c(c3)OCO4)on2)c(OC)c1. The molecule has 0 aliphatic carbocycles. The zero-order chi connectivity index (χ0) is 19.5. The van der Waals surface area contributed by atoms with Crippen LogP contribution in [0.4, 0.5) is 5.69 Å². The number of fused-ring (bicyclic) bond motifs is 1. The van der Waals surface area contributed by atoms with Crippen LogP contribution >= 0.6 is 0 Å². The molecule has 2 heterocycles. The molecule has 1 N–H and O–H groups in total. The van der Waals surface area contributed by atoms with Crippen molar-refractivity contribution in [3.8, 4) is 34.3 Å². The number of anilines is 1. The minimum atomic E-state index is -0.242. The Morgan fingerprint density at radius 2 is 1.93 bits per heavy atom. The van der Waals surface area contributed by atoms with E-state index < -0.39 is 0 Å². The second kappa shape index (κ2) is 7.51. The predicted molar refractivity (Wildman–Crippen MR) is 99.9 cm³/mol. The Hall–Kier alpha value is -3.68. The molecule has 4 rings (SSSR count). The van der Waals surface area contributed by atoms with E-state index in [1.807, 2.05) is 18.2 Å². The number of rotatable bonds is 6. The fraction of sp³-hybridized carbons (Fsp3) is 0.200. The molecule has 0 fully saturated rings. The first-order chi connectivity index (χ1) is 13.7. The van der Waals surface area contributed by atoms with Gasteiger partial charge in [-0.15, -0.1) is 0 Å². The van der Waals surface area contributed by atoms with Crippen LogP contribution in [0.3, 0.4) is 0 Å². The maximum absolute atomic E-state index is 12.4. The highest BCUT2D eigenvalue weighted by Gasteiger charge is 2.17. The summed E-state index contributed by atoms with van der Waals surface area (Å²) in [5.74, 6) is 2.79. The maximum atomic E-state index is 12.4. The molecule has 28 heavy (non-hydrogen) atoms. The van der Waals surface area contributed by atoms with Gasteiger partial charge in [0.2, 0.25) is 12.7 Å². The molecule has 8 nitrogen and oxygen atoms in total. The summed E-state index contributed by atoms with van der Waals surface area (Å²) in [4.78, 5) is 12.4. The quantitative estimate of drug-likeness (QED) is 0.699. The highest BCUT2D eigenvalue weighted by atomic mass is 16.7. The number of aromatic nitrogens is 1. The third-order valence-electron chi connectivity index (χ3n) is 4.24. The van der Waals surface area contributed by atoms with E-state index in [1.54, 1.807) is 31.4 Å². The third-order valence-corrected chi connectivity index (χ3v) is 4.24. The average Bonchev–Trinajstić information content (AvgIpc) is 3.36. The Labute approximate surface area is 160 Å². The molecule has 0 spiro atoms. The number of hydrogen-bond donors (Lipinski definition) is 1. The molecule has 1 amide bonds. The smallest absolute Gasteiger partial charge is 0.231 e. The lowest BCUT2D eigenvalue weighted by atomic mass is 10.1. The van der Waals surface area contributed by atoms with Gasteiger partial charge in [0.15, 0.2) is 17.3 Å². The van der Waals surface area contributed by atoms with Crippen LogP contribution < -0.4 is 24.3 Å². The summed E-state index contributed by atoms with van der Waals surface area (Å²) in [6.07, 6.45) is 0.0588. The van der Waals surface area contributed by atoms with E-state index >= 15 is 0 Å². The minimum Gasteiger partial charge on any atom is -0.497 e. The lowest BCUT2D eigenvalue weighted by molar-refractivity contribution is -0.115. The van der Waals surface area contributed by atoms with E-state index in [-0.39, 0.29) is 19.1 Å². The van der Waals surface area contributed by atoms with Gasteiger partial charge in [0.1, 0.15) is 11.5 Å². The molecule has 0 radical (unpaired) electrons. The van der Waals surface area contributed by atoms with Crippen LogP contribution in [0.5, 0.6) is 23.0 Å². The van der Waals surface area contributed by atoms with Gasteiger partial charge in [-0.3, -0.25) is 4.79 Å². The summed E-state index contributed by atoms with van der Waals surface area (Å²) in [6, 6.07) is 12.4. The predicted octanol–water partition coefficient (Wildman–Crippen LogP) is 3.27. The molecule has 144 valence electrons. The molecule has 3 aromatic rings. The summed E-state index contributed by atoms with van der Waals surface area (Å²) in [6.45, 7) is 0.204. The van der Waals surface area contributed by atoms with Crippen LogP contribution in [0.25, 0.3) is 11.3 Å². The lowest BCUT2D eigenvalue weighted by Crippen LogP contribution is -2.15. The highest BCUT2D eigenvalue weighted by molar-refractivity contribution is 5.93. The van der Waals surface area contributed by atoms with E-state index in [9.17, 15) is 4.79 Å². The zero-order valence-electron chi connectivity index (χ0n) is 15.4.